The van der Waals surface area contributed by atoms with E-state index < -0.39 is 12.2 Å². The van der Waals surface area contributed by atoms with Crippen molar-refractivity contribution in [2.75, 3.05) is 18.0 Å². The molecule has 1 fully saturated rings. The second-order valence-electron chi connectivity index (χ2n) is 9.38. The Hall–Kier alpha value is -3.16. The zero-order valence-corrected chi connectivity index (χ0v) is 20.7. The molecule has 1 aromatic carbocycles. The van der Waals surface area contributed by atoms with Gasteiger partial charge >= 0.3 is 6.18 Å². The van der Waals surface area contributed by atoms with E-state index in [0.29, 0.717) is 27.7 Å². The predicted molar refractivity (Wildman–Crippen MR) is 129 cm³/mol. The summed E-state index contributed by atoms with van der Waals surface area (Å²) in [5, 5.41) is 18.5. The number of fused-ring (bicyclic) bond motifs is 3. The van der Waals surface area contributed by atoms with Crippen LogP contribution in [0.5, 0.6) is 0 Å². The maximum Gasteiger partial charge on any atom is 0.403 e. The molecule has 4 heterocycles. The van der Waals surface area contributed by atoms with Crippen LogP contribution in [-0.2, 0) is 13.1 Å². The number of nitrogens with zero attached hydrogens (tertiary/aromatic N) is 7. The van der Waals surface area contributed by atoms with Gasteiger partial charge in [0.2, 0.25) is 0 Å². The Bertz CT molecular complexity index is 1320. The van der Waals surface area contributed by atoms with Crippen LogP contribution in [0.4, 0.5) is 19.0 Å². The third-order valence-corrected chi connectivity index (χ3v) is 7.39. The molecule has 2 aliphatic heterocycles. The molecule has 36 heavy (non-hydrogen) atoms. The van der Waals surface area contributed by atoms with Gasteiger partial charge in [-0.1, -0.05) is 11.6 Å². The van der Waals surface area contributed by atoms with E-state index in [1.54, 1.807) is 18.2 Å². The van der Waals surface area contributed by atoms with E-state index in [2.05, 4.69) is 26.2 Å². The van der Waals surface area contributed by atoms with Gasteiger partial charge in [0.15, 0.2) is 5.82 Å². The Balaban J connectivity index is 1.43. The minimum atomic E-state index is -4.36. The number of nitriles is 1. The second-order valence-corrected chi connectivity index (χ2v) is 9.82. The number of hydrogen-bond acceptors (Lipinski definition) is 6. The number of piperidine rings is 1. The second kappa shape index (κ2) is 9.37. The fourth-order valence-electron chi connectivity index (χ4n) is 5.00. The van der Waals surface area contributed by atoms with Gasteiger partial charge in [0.25, 0.3) is 0 Å². The minimum absolute atomic E-state index is 0.0350. The first kappa shape index (κ1) is 24.5. The molecule has 0 spiro atoms. The van der Waals surface area contributed by atoms with Gasteiger partial charge in [-0.2, -0.15) is 18.4 Å². The summed E-state index contributed by atoms with van der Waals surface area (Å²) in [7, 11) is 0. The summed E-state index contributed by atoms with van der Waals surface area (Å²) < 4.78 is 42.7. The van der Waals surface area contributed by atoms with Crippen molar-refractivity contribution in [1.82, 2.24) is 24.6 Å². The standard InChI is InChI=1S/C25H25ClF3N7/c1-15-18(12-30)3-6-22(31-15)34-9-7-17(8-10-34)24-33-32-23-14-35(16(2)25(27,28)29)13-19-11-20(26)4-5-21(19)36(23)24/h3-6,11,16-17H,7-10,13-14H2,1-2H3. The molecule has 3 aromatic rings. The van der Waals surface area contributed by atoms with E-state index >= 15 is 0 Å². The summed E-state index contributed by atoms with van der Waals surface area (Å²) >= 11 is 6.23. The minimum Gasteiger partial charge on any atom is -0.357 e. The third-order valence-electron chi connectivity index (χ3n) is 7.15. The number of rotatable bonds is 3. The Labute approximate surface area is 212 Å². The van der Waals surface area contributed by atoms with Crippen molar-refractivity contribution in [2.24, 2.45) is 0 Å². The number of pyridine rings is 1. The number of halogens is 4. The summed E-state index contributed by atoms with van der Waals surface area (Å²) in [5.74, 6) is 2.19. The van der Waals surface area contributed by atoms with Crippen molar-refractivity contribution >= 4 is 17.4 Å². The lowest BCUT2D eigenvalue weighted by molar-refractivity contribution is -0.182. The van der Waals surface area contributed by atoms with E-state index in [4.69, 9.17) is 16.9 Å². The number of aromatic nitrogens is 4. The zero-order valence-electron chi connectivity index (χ0n) is 19.9. The number of aryl methyl sites for hydroxylation is 1. The molecular formula is C25H25ClF3N7. The van der Waals surface area contributed by atoms with Crippen LogP contribution in [0.3, 0.4) is 0 Å². The molecular weight excluding hydrogens is 491 g/mol. The lowest BCUT2D eigenvalue weighted by Gasteiger charge is -2.32. The Morgan fingerprint density at radius 1 is 1.11 bits per heavy atom. The molecule has 11 heteroatoms. The highest BCUT2D eigenvalue weighted by Gasteiger charge is 2.42. The van der Waals surface area contributed by atoms with Crippen LogP contribution in [0.2, 0.25) is 5.02 Å². The Morgan fingerprint density at radius 2 is 1.86 bits per heavy atom. The molecule has 1 saturated heterocycles. The fraction of sp³-hybridized carbons (Fsp3) is 0.440. The van der Waals surface area contributed by atoms with Crippen molar-refractivity contribution in [3.63, 3.8) is 0 Å². The largest absolute Gasteiger partial charge is 0.403 e. The quantitative estimate of drug-likeness (QED) is 0.480. The maximum atomic E-state index is 13.6. The van der Waals surface area contributed by atoms with Crippen molar-refractivity contribution < 1.29 is 13.2 Å². The lowest BCUT2D eigenvalue weighted by atomic mass is 9.95. The van der Waals surface area contributed by atoms with E-state index in [-0.39, 0.29) is 19.0 Å². The highest BCUT2D eigenvalue weighted by atomic mass is 35.5. The van der Waals surface area contributed by atoms with Gasteiger partial charge in [-0.05, 0) is 62.6 Å². The molecule has 1 unspecified atom stereocenters. The van der Waals surface area contributed by atoms with Crippen molar-refractivity contribution in [3.05, 3.63) is 63.8 Å². The molecule has 0 radical (unpaired) electrons. The van der Waals surface area contributed by atoms with Gasteiger partial charge in [-0.25, -0.2) is 4.98 Å². The molecule has 188 valence electrons. The first-order valence-electron chi connectivity index (χ1n) is 11.8. The molecule has 0 saturated carbocycles. The topological polar surface area (TPSA) is 73.9 Å². The van der Waals surface area contributed by atoms with E-state index in [0.717, 1.165) is 43.3 Å². The molecule has 2 aromatic heterocycles. The fourth-order valence-corrected chi connectivity index (χ4v) is 5.20. The highest BCUT2D eigenvalue weighted by Crippen LogP contribution is 2.36. The van der Waals surface area contributed by atoms with Crippen molar-refractivity contribution in [2.45, 2.75) is 57.9 Å². The van der Waals surface area contributed by atoms with Crippen LogP contribution < -0.4 is 4.90 Å². The first-order chi connectivity index (χ1) is 17.2. The molecule has 7 nitrogen and oxygen atoms in total. The van der Waals surface area contributed by atoms with Crippen LogP contribution in [0.25, 0.3) is 5.69 Å². The van der Waals surface area contributed by atoms with E-state index in [9.17, 15) is 13.2 Å². The van der Waals surface area contributed by atoms with Crippen LogP contribution in [0.15, 0.2) is 30.3 Å². The molecule has 0 N–H and O–H groups in total. The van der Waals surface area contributed by atoms with E-state index in [1.165, 1.54) is 11.8 Å². The zero-order chi connectivity index (χ0) is 25.6. The predicted octanol–water partition coefficient (Wildman–Crippen LogP) is 5.15. The lowest BCUT2D eigenvalue weighted by Crippen LogP contribution is -2.42. The highest BCUT2D eigenvalue weighted by molar-refractivity contribution is 6.30. The molecule has 0 aliphatic carbocycles. The molecule has 0 amide bonds. The molecule has 1 atom stereocenters. The van der Waals surface area contributed by atoms with Crippen LogP contribution in [-0.4, -0.2) is 50.0 Å². The van der Waals surface area contributed by atoms with Gasteiger partial charge in [0.05, 0.1) is 23.5 Å². The molecule has 2 aliphatic rings. The molecule has 5 rings (SSSR count). The summed E-state index contributed by atoms with van der Waals surface area (Å²) in [6.07, 6.45) is -2.77. The van der Waals surface area contributed by atoms with Gasteiger partial charge < -0.3 is 4.90 Å². The SMILES string of the molecule is Cc1nc(N2CCC(c3nnc4n3-c3ccc(Cl)cc3CN(C(C)C(F)(F)F)C4)CC2)ccc1C#N. The average Bonchev–Trinajstić information content (AvgIpc) is 3.18. The summed E-state index contributed by atoms with van der Waals surface area (Å²) in [4.78, 5) is 8.14. The monoisotopic (exact) mass is 515 g/mol. The Kier molecular flexibility index (Phi) is 6.39. The van der Waals surface area contributed by atoms with Crippen LogP contribution in [0.1, 0.15) is 54.2 Å². The van der Waals surface area contributed by atoms with Crippen molar-refractivity contribution in [1.29, 1.82) is 5.26 Å². The number of hydrogen-bond donors (Lipinski definition) is 0. The first-order valence-corrected chi connectivity index (χ1v) is 12.2. The summed E-state index contributed by atoms with van der Waals surface area (Å²) in [6, 6.07) is 9.48. The van der Waals surface area contributed by atoms with Gasteiger partial charge in [0, 0.05) is 30.6 Å². The van der Waals surface area contributed by atoms with Gasteiger partial charge in [0.1, 0.15) is 23.8 Å². The number of alkyl halides is 3. The summed E-state index contributed by atoms with van der Waals surface area (Å²) in [6.45, 7) is 4.64. The van der Waals surface area contributed by atoms with Gasteiger partial charge in [-0.15, -0.1) is 10.2 Å². The number of benzene rings is 1. The van der Waals surface area contributed by atoms with Crippen molar-refractivity contribution in [3.8, 4) is 11.8 Å². The normalized spacial score (nSPS) is 17.8. The Morgan fingerprint density at radius 3 is 2.53 bits per heavy atom. The average molecular weight is 516 g/mol. The molecule has 0 bridgehead atoms. The number of anilines is 1. The van der Waals surface area contributed by atoms with Crippen LogP contribution >= 0.6 is 11.6 Å². The van der Waals surface area contributed by atoms with E-state index in [1.807, 2.05) is 23.6 Å². The smallest absolute Gasteiger partial charge is 0.357 e. The third kappa shape index (κ3) is 4.53. The van der Waals surface area contributed by atoms with Gasteiger partial charge in [-0.3, -0.25) is 9.47 Å². The maximum absolute atomic E-state index is 13.6. The summed E-state index contributed by atoms with van der Waals surface area (Å²) in [5.41, 5.74) is 2.76. The van der Waals surface area contributed by atoms with Crippen LogP contribution in [0, 0.1) is 18.3 Å².